The molecule has 1 aliphatic carbocycles. The lowest BCUT2D eigenvalue weighted by Gasteiger charge is -2.13. The van der Waals surface area contributed by atoms with E-state index in [9.17, 15) is 0 Å². The van der Waals surface area contributed by atoms with Crippen molar-refractivity contribution in [3.63, 3.8) is 0 Å². The molecule has 0 aliphatic heterocycles. The van der Waals surface area contributed by atoms with E-state index in [1.807, 2.05) is 18.2 Å². The van der Waals surface area contributed by atoms with Crippen molar-refractivity contribution in [1.82, 2.24) is 9.55 Å². The van der Waals surface area contributed by atoms with Crippen LogP contribution in [0.5, 0.6) is 0 Å². The molecule has 3 nitrogen and oxygen atoms in total. The summed E-state index contributed by atoms with van der Waals surface area (Å²) in [6, 6.07) is 10.4. The van der Waals surface area contributed by atoms with E-state index in [4.69, 9.17) is 5.26 Å². The van der Waals surface area contributed by atoms with E-state index in [-0.39, 0.29) is 0 Å². The minimum absolute atomic E-state index is 0.404. The first-order valence-corrected chi connectivity index (χ1v) is 6.69. The van der Waals surface area contributed by atoms with E-state index < -0.39 is 0 Å². The predicted octanol–water partition coefficient (Wildman–Crippen LogP) is 3.29. The molecular weight excluding hydrogens is 222 g/mol. The Labute approximate surface area is 107 Å². The van der Waals surface area contributed by atoms with Gasteiger partial charge < -0.3 is 4.57 Å². The van der Waals surface area contributed by atoms with Crippen LogP contribution in [0.4, 0.5) is 0 Å². The molecule has 2 aromatic rings. The van der Waals surface area contributed by atoms with Crippen molar-refractivity contribution in [3.05, 3.63) is 30.1 Å². The number of rotatable bonds is 3. The standard InChI is InChI=1S/C15H17N3/c16-10-9-15-17-13-7-3-4-8-14(13)18(15)11-12-5-1-2-6-12/h3-4,7-8,12H,1-2,5-6,9,11H2. The third-order valence-corrected chi connectivity index (χ3v) is 3.89. The van der Waals surface area contributed by atoms with Gasteiger partial charge in [-0.25, -0.2) is 4.98 Å². The second-order valence-corrected chi connectivity index (χ2v) is 5.11. The number of aromatic nitrogens is 2. The molecule has 3 heteroatoms. The van der Waals surface area contributed by atoms with Crippen LogP contribution in [0.1, 0.15) is 31.5 Å². The Balaban J connectivity index is 2.00. The number of fused-ring (bicyclic) bond motifs is 1. The number of hydrogen-bond donors (Lipinski definition) is 0. The fraction of sp³-hybridized carbons (Fsp3) is 0.467. The molecule has 1 aliphatic rings. The monoisotopic (exact) mass is 239 g/mol. The zero-order chi connectivity index (χ0) is 12.4. The Kier molecular flexibility index (Phi) is 3.02. The number of hydrogen-bond acceptors (Lipinski definition) is 2. The van der Waals surface area contributed by atoms with Gasteiger partial charge in [0.15, 0.2) is 0 Å². The molecule has 1 fully saturated rings. The largest absolute Gasteiger partial charge is 0.327 e. The molecule has 92 valence electrons. The number of nitrogens with zero attached hydrogens (tertiary/aromatic N) is 3. The number of para-hydroxylation sites is 2. The lowest BCUT2D eigenvalue weighted by atomic mass is 10.1. The van der Waals surface area contributed by atoms with Gasteiger partial charge in [0.05, 0.1) is 23.5 Å². The maximum Gasteiger partial charge on any atom is 0.124 e. The average Bonchev–Trinajstić information content (AvgIpc) is 3.00. The van der Waals surface area contributed by atoms with Gasteiger partial charge in [-0.15, -0.1) is 0 Å². The number of benzene rings is 1. The highest BCUT2D eigenvalue weighted by molar-refractivity contribution is 5.75. The predicted molar refractivity (Wildman–Crippen MR) is 71.0 cm³/mol. The molecule has 0 saturated heterocycles. The second kappa shape index (κ2) is 4.81. The number of imidazole rings is 1. The Morgan fingerprint density at radius 2 is 2.06 bits per heavy atom. The number of nitriles is 1. The van der Waals surface area contributed by atoms with Crippen LogP contribution in [0.2, 0.25) is 0 Å². The molecule has 18 heavy (non-hydrogen) atoms. The summed E-state index contributed by atoms with van der Waals surface area (Å²) in [5.74, 6) is 1.69. The van der Waals surface area contributed by atoms with Crippen LogP contribution < -0.4 is 0 Å². The summed E-state index contributed by atoms with van der Waals surface area (Å²) in [5.41, 5.74) is 2.19. The van der Waals surface area contributed by atoms with Gasteiger partial charge in [-0.05, 0) is 30.9 Å². The first-order valence-electron chi connectivity index (χ1n) is 6.69. The van der Waals surface area contributed by atoms with Gasteiger partial charge in [0, 0.05) is 6.54 Å². The molecular formula is C15H17N3. The zero-order valence-corrected chi connectivity index (χ0v) is 10.5. The Bertz CT molecular complexity index is 585. The van der Waals surface area contributed by atoms with Crippen molar-refractivity contribution >= 4 is 11.0 Å². The van der Waals surface area contributed by atoms with E-state index in [1.165, 1.54) is 31.2 Å². The van der Waals surface area contributed by atoms with Crippen molar-refractivity contribution in [1.29, 1.82) is 5.26 Å². The molecule has 1 saturated carbocycles. The van der Waals surface area contributed by atoms with Crippen molar-refractivity contribution < 1.29 is 0 Å². The van der Waals surface area contributed by atoms with E-state index in [0.717, 1.165) is 23.8 Å². The fourth-order valence-corrected chi connectivity index (χ4v) is 2.99. The highest BCUT2D eigenvalue weighted by Gasteiger charge is 2.18. The van der Waals surface area contributed by atoms with Crippen LogP contribution in [-0.4, -0.2) is 9.55 Å². The molecule has 1 aromatic carbocycles. The van der Waals surface area contributed by atoms with E-state index in [0.29, 0.717) is 6.42 Å². The smallest absolute Gasteiger partial charge is 0.124 e. The summed E-state index contributed by atoms with van der Waals surface area (Å²) in [6.07, 6.45) is 5.74. The fourth-order valence-electron chi connectivity index (χ4n) is 2.99. The molecule has 3 rings (SSSR count). The van der Waals surface area contributed by atoms with Gasteiger partial charge in [-0.3, -0.25) is 0 Å². The molecule has 0 radical (unpaired) electrons. The van der Waals surface area contributed by atoms with Crippen LogP contribution >= 0.6 is 0 Å². The van der Waals surface area contributed by atoms with Crippen LogP contribution in [-0.2, 0) is 13.0 Å². The minimum Gasteiger partial charge on any atom is -0.327 e. The third kappa shape index (κ3) is 1.99. The van der Waals surface area contributed by atoms with Gasteiger partial charge in [-0.2, -0.15) is 5.26 Å². The van der Waals surface area contributed by atoms with E-state index in [2.05, 4.69) is 21.7 Å². The van der Waals surface area contributed by atoms with Crippen LogP contribution in [0.25, 0.3) is 11.0 Å². The second-order valence-electron chi connectivity index (χ2n) is 5.11. The third-order valence-electron chi connectivity index (χ3n) is 3.89. The summed E-state index contributed by atoms with van der Waals surface area (Å²) in [7, 11) is 0. The molecule has 0 amide bonds. The molecule has 1 heterocycles. The van der Waals surface area contributed by atoms with Crippen LogP contribution in [0, 0.1) is 17.2 Å². The van der Waals surface area contributed by atoms with Crippen LogP contribution in [0.15, 0.2) is 24.3 Å². The van der Waals surface area contributed by atoms with E-state index in [1.54, 1.807) is 0 Å². The minimum atomic E-state index is 0.404. The summed E-state index contributed by atoms with van der Waals surface area (Å²) >= 11 is 0. The maximum absolute atomic E-state index is 8.93. The van der Waals surface area contributed by atoms with Gasteiger partial charge in [0.2, 0.25) is 0 Å². The average molecular weight is 239 g/mol. The van der Waals surface area contributed by atoms with Crippen molar-refractivity contribution in [3.8, 4) is 6.07 Å². The lowest BCUT2D eigenvalue weighted by molar-refractivity contribution is 0.457. The van der Waals surface area contributed by atoms with Crippen molar-refractivity contribution in [2.45, 2.75) is 38.6 Å². The molecule has 0 unspecified atom stereocenters. The molecule has 0 bridgehead atoms. The van der Waals surface area contributed by atoms with Gasteiger partial charge in [0.25, 0.3) is 0 Å². The van der Waals surface area contributed by atoms with Crippen molar-refractivity contribution in [2.24, 2.45) is 5.92 Å². The molecule has 0 spiro atoms. The summed E-state index contributed by atoms with van der Waals surface area (Å²) in [6.45, 7) is 1.03. The first-order chi connectivity index (χ1) is 8.88. The summed E-state index contributed by atoms with van der Waals surface area (Å²) in [5, 5.41) is 8.93. The zero-order valence-electron chi connectivity index (χ0n) is 10.5. The molecule has 1 aromatic heterocycles. The van der Waals surface area contributed by atoms with E-state index >= 15 is 0 Å². The van der Waals surface area contributed by atoms with Crippen LogP contribution in [0.3, 0.4) is 0 Å². The Morgan fingerprint density at radius 3 is 2.83 bits per heavy atom. The summed E-state index contributed by atoms with van der Waals surface area (Å²) < 4.78 is 2.26. The molecule has 0 atom stereocenters. The first kappa shape index (κ1) is 11.3. The SMILES string of the molecule is N#CCc1nc2ccccc2n1CC1CCCC1. The maximum atomic E-state index is 8.93. The molecule has 0 N–H and O–H groups in total. The highest BCUT2D eigenvalue weighted by Crippen LogP contribution is 2.28. The quantitative estimate of drug-likeness (QED) is 0.824. The lowest BCUT2D eigenvalue weighted by Crippen LogP contribution is -2.10. The van der Waals surface area contributed by atoms with Gasteiger partial charge >= 0.3 is 0 Å². The summed E-state index contributed by atoms with van der Waals surface area (Å²) in [4.78, 5) is 4.58. The normalized spacial score (nSPS) is 16.2. The van der Waals surface area contributed by atoms with Gasteiger partial charge in [0.1, 0.15) is 5.82 Å². The Hall–Kier alpha value is -1.82. The Morgan fingerprint density at radius 1 is 1.28 bits per heavy atom. The van der Waals surface area contributed by atoms with Gasteiger partial charge in [-0.1, -0.05) is 25.0 Å². The topological polar surface area (TPSA) is 41.6 Å². The van der Waals surface area contributed by atoms with Crippen molar-refractivity contribution in [2.75, 3.05) is 0 Å². The highest BCUT2D eigenvalue weighted by atomic mass is 15.1.